The maximum atomic E-state index is 11.2. The lowest BCUT2D eigenvalue weighted by Gasteiger charge is -2.11. The lowest BCUT2D eigenvalue weighted by Crippen LogP contribution is -2.22. The highest BCUT2D eigenvalue weighted by atomic mass is 16.6. The zero-order chi connectivity index (χ0) is 12.6. The average Bonchev–Trinajstić information content (AvgIpc) is 2.29. The normalized spacial score (nSPS) is 12.8. The molecule has 0 bridgehead atoms. The third kappa shape index (κ3) is 5.28. The Kier molecular flexibility index (Phi) is 6.82. The Hall–Kier alpha value is -1.66. The predicted octanol–water partition coefficient (Wildman–Crippen LogP) is -0.484. The molecule has 0 heterocycles. The molecule has 6 nitrogen and oxygen atoms in total. The molecule has 0 spiro atoms. The quantitative estimate of drug-likeness (QED) is 0.277. The van der Waals surface area contributed by atoms with E-state index in [1.165, 1.54) is 13.0 Å². The fourth-order valence-electron chi connectivity index (χ4n) is 0.682. The van der Waals surface area contributed by atoms with E-state index in [0.717, 1.165) is 6.08 Å². The number of carbonyl (C=O) groups excluding carboxylic acids is 2. The van der Waals surface area contributed by atoms with Gasteiger partial charge in [0.15, 0.2) is 0 Å². The summed E-state index contributed by atoms with van der Waals surface area (Å²) < 4.78 is 9.13. The first-order chi connectivity index (χ1) is 7.54. The molecule has 1 unspecified atom stereocenters. The van der Waals surface area contributed by atoms with E-state index in [2.05, 4.69) is 11.3 Å². The van der Waals surface area contributed by atoms with Gasteiger partial charge in [0, 0.05) is 6.08 Å². The highest BCUT2D eigenvalue weighted by Gasteiger charge is 2.16. The van der Waals surface area contributed by atoms with Crippen LogP contribution in [0.15, 0.2) is 24.5 Å². The summed E-state index contributed by atoms with van der Waals surface area (Å²) in [5, 5.41) is 17.5. The molecular weight excluding hydrogens is 216 g/mol. The van der Waals surface area contributed by atoms with E-state index in [-0.39, 0.29) is 12.4 Å². The van der Waals surface area contributed by atoms with E-state index in [1.54, 1.807) is 0 Å². The molecule has 6 heteroatoms. The predicted molar refractivity (Wildman–Crippen MR) is 54.1 cm³/mol. The van der Waals surface area contributed by atoms with E-state index in [4.69, 9.17) is 14.9 Å². The lowest BCUT2D eigenvalue weighted by molar-refractivity contribution is -0.156. The van der Waals surface area contributed by atoms with Crippen molar-refractivity contribution in [3.63, 3.8) is 0 Å². The van der Waals surface area contributed by atoms with Crippen LogP contribution in [0.25, 0.3) is 0 Å². The van der Waals surface area contributed by atoms with E-state index < -0.39 is 24.6 Å². The number of hydrogen-bond donors (Lipinski definition) is 2. The Morgan fingerprint density at radius 1 is 1.50 bits per heavy atom. The third-order valence-electron chi connectivity index (χ3n) is 1.47. The summed E-state index contributed by atoms with van der Waals surface area (Å²) in [6.45, 7) is 3.87. The number of aliphatic hydroxyl groups excluding tert-OH is 2. The van der Waals surface area contributed by atoms with Crippen molar-refractivity contribution in [3.05, 3.63) is 24.5 Å². The van der Waals surface area contributed by atoms with Gasteiger partial charge < -0.3 is 19.7 Å². The van der Waals surface area contributed by atoms with Gasteiger partial charge in [0.2, 0.25) is 5.76 Å². The van der Waals surface area contributed by atoms with Crippen LogP contribution in [0.2, 0.25) is 0 Å². The van der Waals surface area contributed by atoms with Crippen molar-refractivity contribution in [2.45, 2.75) is 13.0 Å². The van der Waals surface area contributed by atoms with E-state index in [0.29, 0.717) is 0 Å². The molecule has 1 atom stereocenters. The van der Waals surface area contributed by atoms with E-state index >= 15 is 0 Å². The molecule has 90 valence electrons. The average molecular weight is 230 g/mol. The van der Waals surface area contributed by atoms with Crippen LogP contribution in [0.4, 0.5) is 0 Å². The Morgan fingerprint density at radius 2 is 2.12 bits per heavy atom. The monoisotopic (exact) mass is 230 g/mol. The maximum Gasteiger partial charge on any atom is 0.381 e. The van der Waals surface area contributed by atoms with Crippen LogP contribution in [0.5, 0.6) is 0 Å². The summed E-state index contributed by atoms with van der Waals surface area (Å²) in [5.41, 5.74) is 0. The summed E-state index contributed by atoms with van der Waals surface area (Å²) in [6, 6.07) is 0. The van der Waals surface area contributed by atoms with Gasteiger partial charge in [0.1, 0.15) is 12.7 Å². The Bertz CT molecular complexity index is 294. The molecule has 0 rings (SSSR count). The van der Waals surface area contributed by atoms with Crippen LogP contribution in [0, 0.1) is 0 Å². The van der Waals surface area contributed by atoms with Crippen molar-refractivity contribution in [2.75, 3.05) is 13.2 Å². The first kappa shape index (κ1) is 14.3. The number of carbonyl (C=O) groups is 2. The summed E-state index contributed by atoms with van der Waals surface area (Å²) in [4.78, 5) is 21.9. The first-order valence-electron chi connectivity index (χ1n) is 4.51. The van der Waals surface area contributed by atoms with Gasteiger partial charge in [-0.15, -0.1) is 0 Å². The highest BCUT2D eigenvalue weighted by molar-refractivity contribution is 5.98. The molecule has 0 saturated heterocycles. The Balaban J connectivity index is 4.24. The van der Waals surface area contributed by atoms with Crippen molar-refractivity contribution in [2.24, 2.45) is 0 Å². The van der Waals surface area contributed by atoms with Gasteiger partial charge in [0.25, 0.3) is 0 Å². The van der Waals surface area contributed by atoms with Crippen molar-refractivity contribution >= 4 is 11.9 Å². The smallest absolute Gasteiger partial charge is 0.381 e. The van der Waals surface area contributed by atoms with Crippen LogP contribution in [-0.4, -0.2) is 41.5 Å². The van der Waals surface area contributed by atoms with Crippen molar-refractivity contribution in [1.29, 1.82) is 0 Å². The molecule has 16 heavy (non-hydrogen) atoms. The summed E-state index contributed by atoms with van der Waals surface area (Å²) >= 11 is 0. The molecule has 0 aromatic heterocycles. The third-order valence-corrected chi connectivity index (χ3v) is 1.47. The molecule has 0 saturated carbocycles. The molecule has 0 radical (unpaired) electrons. The van der Waals surface area contributed by atoms with Crippen LogP contribution in [0.3, 0.4) is 0 Å². The van der Waals surface area contributed by atoms with E-state index in [9.17, 15) is 9.59 Å². The van der Waals surface area contributed by atoms with Crippen molar-refractivity contribution < 1.29 is 29.3 Å². The largest absolute Gasteiger partial charge is 0.484 e. The number of aliphatic hydroxyl groups is 2. The second-order valence-corrected chi connectivity index (χ2v) is 2.71. The zero-order valence-corrected chi connectivity index (χ0v) is 8.88. The molecular formula is C10H14O6. The van der Waals surface area contributed by atoms with Crippen molar-refractivity contribution in [1.82, 2.24) is 0 Å². The lowest BCUT2D eigenvalue weighted by atomic mass is 10.4. The number of esters is 2. The topological polar surface area (TPSA) is 93.1 Å². The second kappa shape index (κ2) is 7.61. The minimum Gasteiger partial charge on any atom is -0.484 e. The molecule has 0 aromatic carbocycles. The zero-order valence-electron chi connectivity index (χ0n) is 8.88. The summed E-state index contributed by atoms with van der Waals surface area (Å²) in [7, 11) is 0. The number of rotatable bonds is 6. The fourth-order valence-corrected chi connectivity index (χ4v) is 0.682. The van der Waals surface area contributed by atoms with Gasteiger partial charge in [-0.25, -0.2) is 9.59 Å². The fraction of sp³-hybridized carbons (Fsp3) is 0.400. The molecule has 2 N–H and O–H groups in total. The van der Waals surface area contributed by atoms with Gasteiger partial charge in [-0.1, -0.05) is 6.58 Å². The SMILES string of the molecule is C=CC(=O)OC(=O)C(=CC)OCC(O)CO. The second-order valence-electron chi connectivity index (χ2n) is 2.71. The van der Waals surface area contributed by atoms with Gasteiger partial charge in [-0.05, 0) is 13.0 Å². The molecule has 0 amide bonds. The summed E-state index contributed by atoms with van der Waals surface area (Å²) in [6.07, 6.45) is 1.02. The van der Waals surface area contributed by atoms with Gasteiger partial charge in [-0.3, -0.25) is 0 Å². The molecule has 0 aliphatic heterocycles. The Labute approximate surface area is 92.8 Å². The van der Waals surface area contributed by atoms with Crippen LogP contribution >= 0.6 is 0 Å². The minimum atomic E-state index is -1.10. The number of hydrogen-bond acceptors (Lipinski definition) is 6. The van der Waals surface area contributed by atoms with Crippen LogP contribution < -0.4 is 0 Å². The van der Waals surface area contributed by atoms with Crippen LogP contribution in [0.1, 0.15) is 6.92 Å². The van der Waals surface area contributed by atoms with Crippen molar-refractivity contribution in [3.8, 4) is 0 Å². The number of ether oxygens (including phenoxy) is 2. The van der Waals surface area contributed by atoms with Gasteiger partial charge >= 0.3 is 11.9 Å². The Morgan fingerprint density at radius 3 is 2.56 bits per heavy atom. The standard InChI is InChI=1S/C10H14O6/c1-3-8(15-6-7(12)5-11)10(14)16-9(13)4-2/h3-4,7,11-12H,2,5-6H2,1H3. The summed E-state index contributed by atoms with van der Waals surface area (Å²) in [5.74, 6) is -2.09. The van der Waals surface area contributed by atoms with E-state index in [1.807, 2.05) is 0 Å². The van der Waals surface area contributed by atoms with Gasteiger partial charge in [0.05, 0.1) is 6.61 Å². The first-order valence-corrected chi connectivity index (χ1v) is 4.51. The molecule has 0 aromatic rings. The maximum absolute atomic E-state index is 11.2. The molecule has 0 aliphatic rings. The minimum absolute atomic E-state index is 0.220. The molecule has 0 fully saturated rings. The molecule has 0 aliphatic carbocycles. The van der Waals surface area contributed by atoms with Gasteiger partial charge in [-0.2, -0.15) is 0 Å². The highest BCUT2D eigenvalue weighted by Crippen LogP contribution is 2.02. The van der Waals surface area contributed by atoms with Crippen LogP contribution in [-0.2, 0) is 19.1 Å². The number of allylic oxidation sites excluding steroid dienone is 1.